The van der Waals surface area contributed by atoms with Crippen molar-refractivity contribution in [2.75, 3.05) is 19.8 Å². The van der Waals surface area contributed by atoms with Crippen molar-refractivity contribution < 1.29 is 9.53 Å². The van der Waals surface area contributed by atoms with Gasteiger partial charge in [-0.1, -0.05) is 37.6 Å². The molecule has 2 atom stereocenters. The van der Waals surface area contributed by atoms with E-state index in [4.69, 9.17) is 4.74 Å². The van der Waals surface area contributed by atoms with Gasteiger partial charge in [-0.2, -0.15) is 0 Å². The average molecular weight is 290 g/mol. The summed E-state index contributed by atoms with van der Waals surface area (Å²) in [6, 6.07) is 8.08. The summed E-state index contributed by atoms with van der Waals surface area (Å²) in [6.45, 7) is 8.16. The molecule has 0 bridgehead atoms. The molecular formula is C17H26N2O2. The predicted octanol–water partition coefficient (Wildman–Crippen LogP) is 2.63. The van der Waals surface area contributed by atoms with Crippen LogP contribution in [0.4, 0.5) is 0 Å². The second-order valence-electron chi connectivity index (χ2n) is 5.65. The Hall–Kier alpha value is -1.39. The van der Waals surface area contributed by atoms with Crippen molar-refractivity contribution in [3.05, 3.63) is 35.4 Å². The van der Waals surface area contributed by atoms with Crippen molar-refractivity contribution in [1.29, 1.82) is 0 Å². The zero-order valence-corrected chi connectivity index (χ0v) is 13.3. The van der Waals surface area contributed by atoms with Crippen LogP contribution in [-0.4, -0.2) is 36.6 Å². The lowest BCUT2D eigenvalue weighted by molar-refractivity contribution is -0.130. The molecule has 0 aromatic heterocycles. The van der Waals surface area contributed by atoms with Crippen LogP contribution in [0, 0.1) is 6.92 Å². The van der Waals surface area contributed by atoms with E-state index in [-0.39, 0.29) is 18.1 Å². The van der Waals surface area contributed by atoms with E-state index < -0.39 is 0 Å². The second-order valence-corrected chi connectivity index (χ2v) is 5.65. The lowest BCUT2D eigenvalue weighted by Crippen LogP contribution is -2.34. The number of ether oxygens (including phenoxy) is 1. The molecular weight excluding hydrogens is 264 g/mol. The normalized spacial score (nSPS) is 22.0. The summed E-state index contributed by atoms with van der Waals surface area (Å²) in [7, 11) is 0. The van der Waals surface area contributed by atoms with Gasteiger partial charge in [0.15, 0.2) is 0 Å². The monoisotopic (exact) mass is 290 g/mol. The fourth-order valence-electron chi connectivity index (χ4n) is 2.68. The summed E-state index contributed by atoms with van der Waals surface area (Å²) in [4.78, 5) is 14.2. The van der Waals surface area contributed by atoms with Gasteiger partial charge in [-0.3, -0.25) is 10.1 Å². The van der Waals surface area contributed by atoms with E-state index in [1.54, 1.807) is 0 Å². The van der Waals surface area contributed by atoms with E-state index in [1.807, 2.05) is 24.0 Å². The molecule has 2 unspecified atom stereocenters. The van der Waals surface area contributed by atoms with Gasteiger partial charge in [-0.05, 0) is 31.4 Å². The molecule has 0 radical (unpaired) electrons. The molecule has 0 aliphatic carbocycles. The minimum Gasteiger partial charge on any atom is -0.380 e. The molecule has 1 N–H and O–H groups in total. The molecule has 1 aromatic carbocycles. The van der Waals surface area contributed by atoms with Crippen LogP contribution in [0.5, 0.6) is 0 Å². The van der Waals surface area contributed by atoms with Gasteiger partial charge in [-0.15, -0.1) is 0 Å². The summed E-state index contributed by atoms with van der Waals surface area (Å²) < 4.78 is 5.61. The highest BCUT2D eigenvalue weighted by Gasteiger charge is 2.37. The Balaban J connectivity index is 2.02. The van der Waals surface area contributed by atoms with Gasteiger partial charge in [0.05, 0.1) is 12.6 Å². The number of benzene rings is 1. The van der Waals surface area contributed by atoms with Gasteiger partial charge in [-0.25, -0.2) is 0 Å². The van der Waals surface area contributed by atoms with Crippen LogP contribution in [-0.2, 0) is 9.53 Å². The van der Waals surface area contributed by atoms with Gasteiger partial charge >= 0.3 is 0 Å². The Kier molecular flexibility index (Phi) is 5.76. The highest BCUT2D eigenvalue weighted by molar-refractivity contribution is 5.84. The number of rotatable bonds is 7. The van der Waals surface area contributed by atoms with Crippen molar-refractivity contribution >= 4 is 5.91 Å². The van der Waals surface area contributed by atoms with Crippen LogP contribution in [0.25, 0.3) is 0 Å². The highest BCUT2D eigenvalue weighted by atomic mass is 16.5. The predicted molar refractivity (Wildman–Crippen MR) is 84.0 cm³/mol. The van der Waals surface area contributed by atoms with E-state index in [0.29, 0.717) is 13.2 Å². The first-order chi connectivity index (χ1) is 10.1. The standard InChI is InChI=1S/C17H26N2O2/c1-4-5-11-21-12-10-19-16(18-14(3)17(19)20)15-9-7-6-8-13(15)2/h6-9,14,16,18H,4-5,10-12H2,1-3H3. The third-order valence-electron chi connectivity index (χ3n) is 3.97. The first-order valence-corrected chi connectivity index (χ1v) is 7.85. The smallest absolute Gasteiger partial charge is 0.241 e. The highest BCUT2D eigenvalue weighted by Crippen LogP contribution is 2.27. The molecule has 1 amide bonds. The lowest BCUT2D eigenvalue weighted by atomic mass is 10.1. The minimum atomic E-state index is -0.134. The van der Waals surface area contributed by atoms with Gasteiger partial charge < -0.3 is 9.64 Å². The molecule has 0 spiro atoms. The molecule has 1 aliphatic heterocycles. The number of carbonyl (C=O) groups is 1. The van der Waals surface area contributed by atoms with Gasteiger partial charge in [0, 0.05) is 13.2 Å². The lowest BCUT2D eigenvalue weighted by Gasteiger charge is -2.25. The summed E-state index contributed by atoms with van der Waals surface area (Å²) in [5, 5.41) is 3.38. The largest absolute Gasteiger partial charge is 0.380 e. The molecule has 1 heterocycles. The molecule has 2 rings (SSSR count). The average Bonchev–Trinajstić information content (AvgIpc) is 2.75. The molecule has 0 saturated carbocycles. The Morgan fingerprint density at radius 1 is 1.29 bits per heavy atom. The van der Waals surface area contributed by atoms with Crippen LogP contribution in [0.2, 0.25) is 0 Å². The first-order valence-electron chi connectivity index (χ1n) is 7.85. The molecule has 1 aliphatic rings. The maximum absolute atomic E-state index is 12.3. The molecule has 4 nitrogen and oxygen atoms in total. The summed E-state index contributed by atoms with van der Waals surface area (Å²) in [6.07, 6.45) is 2.17. The Labute approximate surface area is 127 Å². The summed E-state index contributed by atoms with van der Waals surface area (Å²) in [5.41, 5.74) is 2.37. The van der Waals surface area contributed by atoms with Crippen molar-refractivity contribution in [2.45, 2.75) is 45.8 Å². The molecule has 1 aromatic rings. The molecule has 116 valence electrons. The van der Waals surface area contributed by atoms with Crippen molar-refractivity contribution in [2.24, 2.45) is 0 Å². The van der Waals surface area contributed by atoms with E-state index in [9.17, 15) is 4.79 Å². The third-order valence-corrected chi connectivity index (χ3v) is 3.97. The summed E-state index contributed by atoms with van der Waals surface area (Å²) >= 11 is 0. The van der Waals surface area contributed by atoms with Gasteiger partial charge in [0.2, 0.25) is 5.91 Å². The zero-order valence-electron chi connectivity index (χ0n) is 13.3. The minimum absolute atomic E-state index is 0.0384. The van der Waals surface area contributed by atoms with Gasteiger partial charge in [0.25, 0.3) is 0 Å². The van der Waals surface area contributed by atoms with E-state index in [2.05, 4.69) is 31.3 Å². The Morgan fingerprint density at radius 2 is 2.05 bits per heavy atom. The molecule has 4 heteroatoms. The maximum Gasteiger partial charge on any atom is 0.241 e. The number of hydrogen-bond donors (Lipinski definition) is 1. The maximum atomic E-state index is 12.3. The van der Waals surface area contributed by atoms with Crippen molar-refractivity contribution in [1.82, 2.24) is 10.2 Å². The molecule has 21 heavy (non-hydrogen) atoms. The number of carbonyl (C=O) groups excluding carboxylic acids is 1. The molecule has 1 fully saturated rings. The quantitative estimate of drug-likeness (QED) is 0.785. The van der Waals surface area contributed by atoms with Crippen LogP contribution in [0.1, 0.15) is 44.0 Å². The second kappa shape index (κ2) is 7.57. The fraction of sp³-hybridized carbons (Fsp3) is 0.588. The third kappa shape index (κ3) is 3.83. The van der Waals surface area contributed by atoms with E-state index >= 15 is 0 Å². The number of hydrogen-bond acceptors (Lipinski definition) is 3. The topological polar surface area (TPSA) is 41.6 Å². The van der Waals surface area contributed by atoms with Crippen molar-refractivity contribution in [3.63, 3.8) is 0 Å². The number of nitrogens with one attached hydrogen (secondary N) is 1. The Morgan fingerprint density at radius 3 is 2.76 bits per heavy atom. The fourth-order valence-corrected chi connectivity index (χ4v) is 2.68. The van der Waals surface area contributed by atoms with Crippen LogP contribution in [0.15, 0.2) is 24.3 Å². The number of nitrogens with zero attached hydrogens (tertiary/aromatic N) is 1. The van der Waals surface area contributed by atoms with Crippen LogP contribution < -0.4 is 5.32 Å². The van der Waals surface area contributed by atoms with Crippen LogP contribution >= 0.6 is 0 Å². The zero-order chi connectivity index (χ0) is 15.2. The van der Waals surface area contributed by atoms with E-state index in [0.717, 1.165) is 19.4 Å². The number of aryl methyl sites for hydroxylation is 1. The van der Waals surface area contributed by atoms with Crippen molar-refractivity contribution in [3.8, 4) is 0 Å². The Bertz CT molecular complexity index is 476. The van der Waals surface area contributed by atoms with E-state index in [1.165, 1.54) is 11.1 Å². The number of amides is 1. The molecule has 1 saturated heterocycles. The SMILES string of the molecule is CCCCOCCN1C(=O)C(C)NC1c1ccccc1C. The van der Waals surface area contributed by atoms with Crippen LogP contribution in [0.3, 0.4) is 0 Å². The number of unbranched alkanes of at least 4 members (excludes halogenated alkanes) is 1. The van der Waals surface area contributed by atoms with Gasteiger partial charge in [0.1, 0.15) is 6.17 Å². The summed E-state index contributed by atoms with van der Waals surface area (Å²) in [5.74, 6) is 0.155. The first kappa shape index (κ1) is 16.0.